The fraction of sp³-hybridized carbons (Fsp3) is 0. The van der Waals surface area contributed by atoms with Crippen LogP contribution in [0.5, 0.6) is 0 Å². The lowest BCUT2D eigenvalue weighted by Gasteiger charge is -2.15. The largest absolute Gasteiger partial charge is 0.350 e. The molecule has 1 N–H and O–H groups in total. The normalized spacial score (nSPS) is 13.6. The summed E-state index contributed by atoms with van der Waals surface area (Å²) in [6.07, 6.45) is 0. The first kappa shape index (κ1) is 18.7. The number of anilines is 2. The molecule has 0 atom stereocenters. The number of nitriles is 1. The minimum Gasteiger partial charge on any atom is -0.350 e. The third-order valence-corrected chi connectivity index (χ3v) is 4.99. The predicted molar refractivity (Wildman–Crippen MR) is 115 cm³/mol. The summed E-state index contributed by atoms with van der Waals surface area (Å²) in [5.41, 5.74) is 2.73. The van der Waals surface area contributed by atoms with E-state index in [1.165, 1.54) is 0 Å². The Bertz CT molecular complexity index is 1180. The second-order valence-electron chi connectivity index (χ2n) is 6.36. The summed E-state index contributed by atoms with van der Waals surface area (Å²) < 4.78 is 0.852. The molecule has 0 saturated heterocycles. The molecule has 0 unspecified atom stereocenters. The molecule has 0 saturated carbocycles. The number of imide groups is 1. The fourth-order valence-electron chi connectivity index (χ4n) is 3.15. The van der Waals surface area contributed by atoms with Crippen LogP contribution in [-0.4, -0.2) is 11.8 Å². The van der Waals surface area contributed by atoms with Crippen molar-refractivity contribution in [3.8, 4) is 6.07 Å². The smallest absolute Gasteiger partial charge is 0.282 e. The third kappa shape index (κ3) is 3.56. The van der Waals surface area contributed by atoms with Crippen LogP contribution in [-0.2, 0) is 9.59 Å². The zero-order valence-electron chi connectivity index (χ0n) is 15.1. The van der Waals surface area contributed by atoms with E-state index in [2.05, 4.69) is 21.2 Å². The molecule has 3 aromatic rings. The van der Waals surface area contributed by atoms with Crippen LogP contribution in [0.25, 0.3) is 5.57 Å². The number of rotatable bonds is 4. The van der Waals surface area contributed by atoms with E-state index in [-0.39, 0.29) is 5.70 Å². The molecule has 29 heavy (non-hydrogen) atoms. The van der Waals surface area contributed by atoms with Gasteiger partial charge >= 0.3 is 0 Å². The number of nitrogens with one attached hydrogen (secondary N) is 1. The average Bonchev–Trinajstić information content (AvgIpc) is 2.98. The van der Waals surface area contributed by atoms with Gasteiger partial charge in [0, 0.05) is 10.2 Å². The summed E-state index contributed by atoms with van der Waals surface area (Å²) in [5, 5.41) is 12.1. The molecule has 0 aromatic heterocycles. The molecule has 6 heteroatoms. The Morgan fingerprint density at radius 2 is 1.59 bits per heavy atom. The lowest BCUT2D eigenvalue weighted by atomic mass is 10.0. The molecule has 5 nitrogen and oxygen atoms in total. The van der Waals surface area contributed by atoms with Crippen molar-refractivity contribution in [1.29, 1.82) is 5.26 Å². The number of nitrogens with zero attached hydrogens (tertiary/aromatic N) is 2. The van der Waals surface area contributed by atoms with Crippen LogP contribution in [0.2, 0.25) is 0 Å². The number of hydrogen-bond donors (Lipinski definition) is 1. The van der Waals surface area contributed by atoms with Crippen molar-refractivity contribution in [2.75, 3.05) is 10.2 Å². The number of halogens is 1. The molecule has 3 aromatic carbocycles. The summed E-state index contributed by atoms with van der Waals surface area (Å²) in [6.45, 7) is 0. The quantitative estimate of drug-likeness (QED) is 0.592. The van der Waals surface area contributed by atoms with Crippen molar-refractivity contribution in [3.63, 3.8) is 0 Å². The van der Waals surface area contributed by atoms with Crippen molar-refractivity contribution < 1.29 is 9.59 Å². The second kappa shape index (κ2) is 7.74. The molecule has 0 spiro atoms. The van der Waals surface area contributed by atoms with Gasteiger partial charge in [0.15, 0.2) is 0 Å². The van der Waals surface area contributed by atoms with E-state index in [4.69, 9.17) is 5.26 Å². The van der Waals surface area contributed by atoms with Crippen LogP contribution < -0.4 is 10.2 Å². The predicted octanol–water partition coefficient (Wildman–Crippen LogP) is 4.72. The molecule has 0 fully saturated rings. The second-order valence-corrected chi connectivity index (χ2v) is 7.27. The van der Waals surface area contributed by atoms with Crippen molar-refractivity contribution in [1.82, 2.24) is 0 Å². The van der Waals surface area contributed by atoms with Crippen LogP contribution in [0.15, 0.2) is 89.0 Å². The topological polar surface area (TPSA) is 73.2 Å². The highest BCUT2D eigenvalue weighted by molar-refractivity contribution is 9.10. The Hall–Kier alpha value is -3.69. The first-order chi connectivity index (χ1) is 14.1. The zero-order chi connectivity index (χ0) is 20.4. The van der Waals surface area contributed by atoms with E-state index in [9.17, 15) is 9.59 Å². The highest BCUT2D eigenvalue weighted by Crippen LogP contribution is 2.34. The summed E-state index contributed by atoms with van der Waals surface area (Å²) in [6, 6.07) is 24.8. The minimum absolute atomic E-state index is 0.212. The van der Waals surface area contributed by atoms with Gasteiger partial charge < -0.3 is 5.32 Å². The lowest BCUT2D eigenvalue weighted by molar-refractivity contribution is -0.120. The monoisotopic (exact) mass is 443 g/mol. The maximum absolute atomic E-state index is 13.3. The lowest BCUT2D eigenvalue weighted by Crippen LogP contribution is -2.32. The Morgan fingerprint density at radius 1 is 0.862 bits per heavy atom. The van der Waals surface area contributed by atoms with Gasteiger partial charge in [0.2, 0.25) is 0 Å². The van der Waals surface area contributed by atoms with Crippen LogP contribution >= 0.6 is 15.9 Å². The number of benzene rings is 3. The van der Waals surface area contributed by atoms with E-state index in [0.29, 0.717) is 28.1 Å². The molecular weight excluding hydrogens is 430 g/mol. The average molecular weight is 444 g/mol. The number of hydrogen-bond acceptors (Lipinski definition) is 4. The van der Waals surface area contributed by atoms with Gasteiger partial charge in [0.1, 0.15) is 5.70 Å². The Balaban J connectivity index is 1.80. The van der Waals surface area contributed by atoms with Gasteiger partial charge in [-0.3, -0.25) is 9.59 Å². The summed E-state index contributed by atoms with van der Waals surface area (Å²) in [7, 11) is 0. The van der Waals surface area contributed by atoms with Gasteiger partial charge in [-0.15, -0.1) is 0 Å². The molecule has 1 heterocycles. The molecule has 0 aliphatic carbocycles. The van der Waals surface area contributed by atoms with Crippen molar-refractivity contribution in [3.05, 3.63) is 100 Å². The summed E-state index contributed by atoms with van der Waals surface area (Å²) in [5.74, 6) is -0.859. The van der Waals surface area contributed by atoms with Gasteiger partial charge in [-0.1, -0.05) is 52.3 Å². The summed E-state index contributed by atoms with van der Waals surface area (Å²) >= 11 is 3.42. The number of carbonyl (C=O) groups is 2. The Labute approximate surface area is 176 Å². The fourth-order valence-corrected chi connectivity index (χ4v) is 3.55. The molecule has 4 rings (SSSR count). The standard InChI is InChI=1S/C23H14BrN3O2/c24-17-7-4-8-18(13-17)26-21-20(16-5-2-1-3-6-16)22(28)27(23(21)29)19-11-9-15(14-25)10-12-19/h1-13,26H. The zero-order valence-corrected chi connectivity index (χ0v) is 16.7. The van der Waals surface area contributed by atoms with E-state index in [0.717, 1.165) is 9.37 Å². The van der Waals surface area contributed by atoms with Crippen molar-refractivity contribution >= 4 is 44.7 Å². The van der Waals surface area contributed by atoms with Crippen LogP contribution in [0.4, 0.5) is 11.4 Å². The van der Waals surface area contributed by atoms with Crippen molar-refractivity contribution in [2.24, 2.45) is 0 Å². The minimum atomic E-state index is -0.446. The maximum Gasteiger partial charge on any atom is 0.282 e. The van der Waals surface area contributed by atoms with E-state index >= 15 is 0 Å². The number of amides is 2. The summed E-state index contributed by atoms with van der Waals surface area (Å²) in [4.78, 5) is 27.7. The first-order valence-electron chi connectivity index (χ1n) is 8.80. The van der Waals surface area contributed by atoms with Gasteiger partial charge in [-0.25, -0.2) is 4.90 Å². The first-order valence-corrected chi connectivity index (χ1v) is 9.59. The molecule has 1 aliphatic heterocycles. The Kier molecular flexibility index (Phi) is 4.98. The molecule has 1 aliphatic rings. The molecule has 140 valence electrons. The van der Waals surface area contributed by atoms with Gasteiger partial charge in [0.05, 0.1) is 22.9 Å². The van der Waals surface area contributed by atoms with Crippen LogP contribution in [0, 0.1) is 11.3 Å². The molecular formula is C23H14BrN3O2. The van der Waals surface area contributed by atoms with E-state index in [1.807, 2.05) is 48.5 Å². The highest BCUT2D eigenvalue weighted by atomic mass is 79.9. The van der Waals surface area contributed by atoms with Crippen LogP contribution in [0.3, 0.4) is 0 Å². The van der Waals surface area contributed by atoms with Gasteiger partial charge in [-0.2, -0.15) is 5.26 Å². The van der Waals surface area contributed by atoms with Gasteiger partial charge in [-0.05, 0) is 48.0 Å². The molecule has 0 bridgehead atoms. The third-order valence-electron chi connectivity index (χ3n) is 4.49. The molecule has 0 radical (unpaired) electrons. The SMILES string of the molecule is N#Cc1ccc(N2C(=O)C(Nc3cccc(Br)c3)=C(c3ccccc3)C2=O)cc1. The van der Waals surface area contributed by atoms with Crippen LogP contribution in [0.1, 0.15) is 11.1 Å². The highest BCUT2D eigenvalue weighted by Gasteiger charge is 2.40. The van der Waals surface area contributed by atoms with E-state index < -0.39 is 11.8 Å². The van der Waals surface area contributed by atoms with Crippen molar-refractivity contribution in [2.45, 2.75) is 0 Å². The molecule has 2 amide bonds. The Morgan fingerprint density at radius 3 is 2.24 bits per heavy atom. The number of carbonyl (C=O) groups excluding carboxylic acids is 2. The van der Waals surface area contributed by atoms with Gasteiger partial charge in [0.25, 0.3) is 11.8 Å². The van der Waals surface area contributed by atoms with E-state index in [1.54, 1.807) is 36.4 Å². The maximum atomic E-state index is 13.3.